The Labute approximate surface area is 119 Å². The lowest BCUT2D eigenvalue weighted by Gasteiger charge is -2.25. The van der Waals surface area contributed by atoms with E-state index in [1.54, 1.807) is 12.1 Å². The summed E-state index contributed by atoms with van der Waals surface area (Å²) in [6.07, 6.45) is 1.53. The van der Waals surface area contributed by atoms with Crippen LogP contribution in [0.2, 0.25) is 0 Å². The van der Waals surface area contributed by atoms with Gasteiger partial charge in [-0.3, -0.25) is 14.9 Å². The van der Waals surface area contributed by atoms with Gasteiger partial charge in [-0.15, -0.1) is 0 Å². The van der Waals surface area contributed by atoms with E-state index in [1.807, 2.05) is 30.8 Å². The van der Waals surface area contributed by atoms with Crippen LogP contribution in [-0.2, 0) is 0 Å². The van der Waals surface area contributed by atoms with Gasteiger partial charge < -0.3 is 9.80 Å². The molecule has 6 heteroatoms. The average molecular weight is 279 g/mol. The molecule has 0 aliphatic carbocycles. The molecule has 0 bridgehead atoms. The predicted molar refractivity (Wildman–Crippen MR) is 79.5 cm³/mol. The molecule has 0 amide bonds. The van der Waals surface area contributed by atoms with Crippen LogP contribution in [0.4, 0.5) is 11.4 Å². The number of hydrogen-bond donors (Lipinski definition) is 0. The van der Waals surface area contributed by atoms with E-state index in [4.69, 9.17) is 0 Å². The van der Waals surface area contributed by atoms with Gasteiger partial charge in [-0.1, -0.05) is 6.92 Å². The van der Waals surface area contributed by atoms with Crippen LogP contribution >= 0.6 is 0 Å². The van der Waals surface area contributed by atoms with Crippen molar-refractivity contribution in [2.45, 2.75) is 13.3 Å². The Balaban J connectivity index is 3.10. The summed E-state index contributed by atoms with van der Waals surface area (Å²) in [5.74, 6) is 0. The highest BCUT2D eigenvalue weighted by Crippen LogP contribution is 2.29. The molecule has 1 aromatic carbocycles. The van der Waals surface area contributed by atoms with Crippen molar-refractivity contribution in [3.05, 3.63) is 33.9 Å². The van der Waals surface area contributed by atoms with Gasteiger partial charge in [0.05, 0.1) is 4.92 Å². The molecule has 0 aliphatic heterocycles. The van der Waals surface area contributed by atoms with Crippen LogP contribution in [0.5, 0.6) is 0 Å². The summed E-state index contributed by atoms with van der Waals surface area (Å²) in [6, 6.07) is 4.61. The van der Waals surface area contributed by atoms with Crippen molar-refractivity contribution in [3.63, 3.8) is 0 Å². The Morgan fingerprint density at radius 3 is 2.45 bits per heavy atom. The van der Waals surface area contributed by atoms with Crippen molar-refractivity contribution < 1.29 is 9.72 Å². The number of carbonyl (C=O) groups excluding carboxylic acids is 1. The second-order valence-electron chi connectivity index (χ2n) is 4.91. The first-order valence-corrected chi connectivity index (χ1v) is 6.62. The summed E-state index contributed by atoms with van der Waals surface area (Å²) < 4.78 is 0. The molecule has 0 atom stereocenters. The normalized spacial score (nSPS) is 10.6. The monoisotopic (exact) mass is 279 g/mol. The van der Waals surface area contributed by atoms with Gasteiger partial charge in [-0.05, 0) is 32.6 Å². The number of carbonyl (C=O) groups is 1. The number of benzene rings is 1. The van der Waals surface area contributed by atoms with E-state index in [-0.39, 0.29) is 5.69 Å². The lowest BCUT2D eigenvalue weighted by molar-refractivity contribution is -0.384. The van der Waals surface area contributed by atoms with Gasteiger partial charge in [0.25, 0.3) is 5.69 Å². The quantitative estimate of drug-likeness (QED) is 0.414. The Bertz CT molecular complexity index is 475. The van der Waals surface area contributed by atoms with Crippen molar-refractivity contribution in [1.29, 1.82) is 0 Å². The van der Waals surface area contributed by atoms with Crippen molar-refractivity contribution in [2.75, 3.05) is 38.6 Å². The van der Waals surface area contributed by atoms with Crippen LogP contribution in [0.1, 0.15) is 23.7 Å². The zero-order chi connectivity index (χ0) is 15.1. The second kappa shape index (κ2) is 7.59. The molecule has 0 radical (unpaired) electrons. The number of hydrogen-bond acceptors (Lipinski definition) is 5. The van der Waals surface area contributed by atoms with E-state index in [0.717, 1.165) is 19.5 Å². The molecule has 1 rings (SSSR count). The highest BCUT2D eigenvalue weighted by molar-refractivity contribution is 5.79. The van der Waals surface area contributed by atoms with Gasteiger partial charge in [0.1, 0.15) is 12.0 Å². The highest BCUT2D eigenvalue weighted by atomic mass is 16.6. The molecule has 6 nitrogen and oxygen atoms in total. The third-order valence-electron chi connectivity index (χ3n) is 2.98. The van der Waals surface area contributed by atoms with Crippen molar-refractivity contribution in [1.82, 2.24) is 4.90 Å². The van der Waals surface area contributed by atoms with Gasteiger partial charge in [0, 0.05) is 31.3 Å². The van der Waals surface area contributed by atoms with Crippen LogP contribution in [-0.4, -0.2) is 49.8 Å². The molecule has 0 spiro atoms. The van der Waals surface area contributed by atoms with E-state index in [2.05, 4.69) is 0 Å². The minimum absolute atomic E-state index is 0.0122. The number of anilines is 1. The number of aldehydes is 1. The molecule has 110 valence electrons. The maximum Gasteiger partial charge on any atom is 0.293 e. The number of nitro groups is 1. The first-order valence-electron chi connectivity index (χ1n) is 6.62. The SMILES string of the molecule is CCCN(CCN(C)C)c1ccc(C=O)cc1[N+](=O)[O-]. The maximum atomic E-state index is 11.2. The van der Waals surface area contributed by atoms with Crippen LogP contribution in [0.15, 0.2) is 18.2 Å². The zero-order valence-corrected chi connectivity index (χ0v) is 12.2. The fraction of sp³-hybridized carbons (Fsp3) is 0.500. The molecule has 1 aromatic rings. The zero-order valence-electron chi connectivity index (χ0n) is 12.2. The summed E-state index contributed by atoms with van der Waals surface area (Å²) in [5.41, 5.74) is 0.885. The standard InChI is InChI=1S/C14H21N3O3/c1-4-7-16(9-8-15(2)3)13-6-5-12(11-18)10-14(13)17(19)20/h5-6,10-11H,4,7-9H2,1-3H3. The molecule has 0 fully saturated rings. The number of nitrogens with zero attached hydrogens (tertiary/aromatic N) is 3. The minimum atomic E-state index is -0.430. The van der Waals surface area contributed by atoms with Crippen molar-refractivity contribution >= 4 is 17.7 Å². The van der Waals surface area contributed by atoms with Gasteiger partial charge in [-0.25, -0.2) is 0 Å². The van der Waals surface area contributed by atoms with Crippen LogP contribution in [0.3, 0.4) is 0 Å². The van der Waals surface area contributed by atoms with Gasteiger partial charge >= 0.3 is 0 Å². The molecule has 0 saturated heterocycles. The first kappa shape index (κ1) is 16.1. The highest BCUT2D eigenvalue weighted by Gasteiger charge is 2.19. The fourth-order valence-electron chi connectivity index (χ4n) is 1.97. The fourth-order valence-corrected chi connectivity index (χ4v) is 1.97. The molecule has 0 heterocycles. The molecular formula is C14H21N3O3. The number of rotatable bonds is 8. The second-order valence-corrected chi connectivity index (χ2v) is 4.91. The molecule has 0 unspecified atom stereocenters. The van der Waals surface area contributed by atoms with Crippen LogP contribution < -0.4 is 4.90 Å². The van der Waals surface area contributed by atoms with E-state index in [9.17, 15) is 14.9 Å². The van der Waals surface area contributed by atoms with Crippen molar-refractivity contribution in [3.8, 4) is 0 Å². The van der Waals surface area contributed by atoms with E-state index in [0.29, 0.717) is 24.1 Å². The molecule has 0 N–H and O–H groups in total. The maximum absolute atomic E-state index is 11.2. The molecule has 0 aromatic heterocycles. The third-order valence-corrected chi connectivity index (χ3v) is 2.98. The molecule has 0 aliphatic rings. The summed E-state index contributed by atoms with van der Waals surface area (Å²) in [6.45, 7) is 4.30. The Morgan fingerprint density at radius 2 is 1.95 bits per heavy atom. The predicted octanol–water partition coefficient (Wildman–Crippen LogP) is 2.19. The first-order chi connectivity index (χ1) is 9.49. The van der Waals surface area contributed by atoms with E-state index < -0.39 is 4.92 Å². The average Bonchev–Trinajstić information content (AvgIpc) is 2.42. The summed E-state index contributed by atoms with van der Waals surface area (Å²) >= 11 is 0. The minimum Gasteiger partial charge on any atom is -0.365 e. The largest absolute Gasteiger partial charge is 0.365 e. The molecule has 20 heavy (non-hydrogen) atoms. The summed E-state index contributed by atoms with van der Waals surface area (Å²) in [5, 5.41) is 11.2. The van der Waals surface area contributed by atoms with E-state index in [1.165, 1.54) is 6.07 Å². The van der Waals surface area contributed by atoms with Gasteiger partial charge in [-0.2, -0.15) is 0 Å². The number of nitro benzene ring substituents is 1. The van der Waals surface area contributed by atoms with Gasteiger partial charge in [0.2, 0.25) is 0 Å². The Hall–Kier alpha value is -1.95. The lowest BCUT2D eigenvalue weighted by atomic mass is 10.1. The smallest absolute Gasteiger partial charge is 0.293 e. The van der Waals surface area contributed by atoms with E-state index >= 15 is 0 Å². The third kappa shape index (κ3) is 4.31. The van der Waals surface area contributed by atoms with Crippen LogP contribution in [0, 0.1) is 10.1 Å². The molecule has 0 saturated carbocycles. The number of likely N-dealkylation sites (N-methyl/N-ethyl adjacent to an activating group) is 1. The lowest BCUT2D eigenvalue weighted by Crippen LogP contribution is -2.32. The Kier molecular flexibility index (Phi) is 6.11. The van der Waals surface area contributed by atoms with Gasteiger partial charge in [0.15, 0.2) is 0 Å². The summed E-state index contributed by atoms with van der Waals surface area (Å²) in [4.78, 5) is 25.5. The summed E-state index contributed by atoms with van der Waals surface area (Å²) in [7, 11) is 3.93. The topological polar surface area (TPSA) is 66.7 Å². The Morgan fingerprint density at radius 1 is 1.25 bits per heavy atom. The molecular weight excluding hydrogens is 258 g/mol. The van der Waals surface area contributed by atoms with Crippen molar-refractivity contribution in [2.24, 2.45) is 0 Å². The van der Waals surface area contributed by atoms with Crippen LogP contribution in [0.25, 0.3) is 0 Å².